The van der Waals surface area contributed by atoms with Crippen LogP contribution in [-0.2, 0) is 14.3 Å². The van der Waals surface area contributed by atoms with Crippen LogP contribution in [0.25, 0.3) is 0 Å². The number of esters is 2. The van der Waals surface area contributed by atoms with Crippen LogP contribution in [0.4, 0.5) is 0 Å². The van der Waals surface area contributed by atoms with Gasteiger partial charge < -0.3 is 14.8 Å². The van der Waals surface area contributed by atoms with Crippen molar-refractivity contribution in [2.24, 2.45) is 0 Å². The smallest absolute Gasteiger partial charge is 0.362 e. The predicted molar refractivity (Wildman–Crippen MR) is 43.5 cm³/mol. The fourth-order valence-electron chi connectivity index (χ4n) is 0.775. The lowest BCUT2D eigenvalue weighted by Gasteiger charge is -1.98. The van der Waals surface area contributed by atoms with Gasteiger partial charge in [0, 0.05) is 6.20 Å². The lowest BCUT2D eigenvalue weighted by atomic mass is 10.4. The van der Waals surface area contributed by atoms with Crippen LogP contribution in [0.3, 0.4) is 0 Å². The largest absolute Gasteiger partial charge is 0.481 e. The number of carboxylic acids is 1. The molecule has 0 aromatic carbocycles. The van der Waals surface area contributed by atoms with E-state index in [4.69, 9.17) is 5.11 Å². The normalized spacial score (nSPS) is 9.43. The van der Waals surface area contributed by atoms with Gasteiger partial charge in [-0.2, -0.15) is 0 Å². The van der Waals surface area contributed by atoms with Crippen LogP contribution in [0.5, 0.6) is 0 Å². The molecule has 1 aromatic rings. The minimum absolute atomic E-state index is 0.101. The zero-order valence-corrected chi connectivity index (χ0v) is 7.02. The first kappa shape index (κ1) is 9.97. The van der Waals surface area contributed by atoms with E-state index in [1.165, 1.54) is 12.3 Å². The Morgan fingerprint density at radius 1 is 1.43 bits per heavy atom. The zero-order valence-electron chi connectivity index (χ0n) is 7.02. The molecule has 0 aliphatic heterocycles. The summed E-state index contributed by atoms with van der Waals surface area (Å²) in [4.78, 5) is 34.3. The van der Waals surface area contributed by atoms with E-state index >= 15 is 0 Å². The number of ether oxygens (including phenoxy) is 1. The van der Waals surface area contributed by atoms with E-state index in [1.807, 2.05) is 0 Å². The minimum atomic E-state index is -1.34. The van der Waals surface area contributed by atoms with Gasteiger partial charge in [0.05, 0.1) is 0 Å². The van der Waals surface area contributed by atoms with E-state index in [0.717, 1.165) is 0 Å². The Hall–Kier alpha value is -2.11. The molecule has 2 N–H and O–H groups in total. The van der Waals surface area contributed by atoms with Crippen molar-refractivity contribution in [2.45, 2.75) is 6.42 Å². The number of aliphatic carboxylic acids is 1. The lowest BCUT2D eigenvalue weighted by molar-refractivity contribution is -0.147. The molecule has 74 valence electrons. The molecule has 0 aliphatic rings. The van der Waals surface area contributed by atoms with E-state index in [1.54, 1.807) is 6.07 Å². The Balaban J connectivity index is 2.50. The maximum absolute atomic E-state index is 11.0. The summed E-state index contributed by atoms with van der Waals surface area (Å²) in [5.41, 5.74) is 0.101. The van der Waals surface area contributed by atoms with Gasteiger partial charge in [-0.3, -0.25) is 9.59 Å². The topological polar surface area (TPSA) is 96.5 Å². The Morgan fingerprint density at radius 3 is 2.64 bits per heavy atom. The van der Waals surface area contributed by atoms with Crippen LogP contribution in [0.15, 0.2) is 18.3 Å². The lowest BCUT2D eigenvalue weighted by Crippen LogP contribution is -2.15. The van der Waals surface area contributed by atoms with Crippen LogP contribution in [-0.4, -0.2) is 28.0 Å². The Labute approximate surface area is 78.5 Å². The zero-order chi connectivity index (χ0) is 10.6. The Morgan fingerprint density at radius 2 is 2.14 bits per heavy atom. The summed E-state index contributed by atoms with van der Waals surface area (Å²) in [7, 11) is 0. The number of aromatic nitrogens is 1. The van der Waals surface area contributed by atoms with Gasteiger partial charge in [-0.1, -0.05) is 0 Å². The van der Waals surface area contributed by atoms with Crippen molar-refractivity contribution in [1.82, 2.24) is 4.98 Å². The number of rotatable bonds is 3. The quantitative estimate of drug-likeness (QED) is 0.532. The van der Waals surface area contributed by atoms with Crippen molar-refractivity contribution < 1.29 is 24.2 Å². The van der Waals surface area contributed by atoms with E-state index in [2.05, 4.69) is 9.72 Å². The van der Waals surface area contributed by atoms with Gasteiger partial charge in [0.15, 0.2) is 0 Å². The van der Waals surface area contributed by atoms with Gasteiger partial charge in [0.25, 0.3) is 0 Å². The average Bonchev–Trinajstić information content (AvgIpc) is 2.53. The SMILES string of the molecule is O=C(O)CC(=O)OC(=O)c1ccc[nH]1. The van der Waals surface area contributed by atoms with Crippen molar-refractivity contribution in [3.63, 3.8) is 0 Å². The first-order valence-corrected chi connectivity index (χ1v) is 3.70. The molecule has 1 rings (SSSR count). The summed E-state index contributed by atoms with van der Waals surface area (Å²) in [5, 5.41) is 8.21. The highest BCUT2D eigenvalue weighted by molar-refractivity contribution is 6.00. The molecule has 1 aromatic heterocycles. The second-order valence-electron chi connectivity index (χ2n) is 2.42. The molecule has 0 saturated heterocycles. The summed E-state index contributed by atoms with van der Waals surface area (Å²) >= 11 is 0. The number of nitrogens with one attached hydrogen (secondary N) is 1. The summed E-state index contributed by atoms with van der Waals surface area (Å²) in [5.74, 6) is -3.31. The molecule has 6 nitrogen and oxygen atoms in total. The van der Waals surface area contributed by atoms with Gasteiger partial charge in [-0.15, -0.1) is 0 Å². The van der Waals surface area contributed by atoms with E-state index in [0.29, 0.717) is 0 Å². The van der Waals surface area contributed by atoms with Gasteiger partial charge >= 0.3 is 17.9 Å². The van der Waals surface area contributed by atoms with Crippen molar-refractivity contribution in [2.75, 3.05) is 0 Å². The maximum Gasteiger partial charge on any atom is 0.362 e. The molecule has 0 radical (unpaired) electrons. The first-order chi connectivity index (χ1) is 6.59. The van der Waals surface area contributed by atoms with Gasteiger partial charge in [0.1, 0.15) is 12.1 Å². The van der Waals surface area contributed by atoms with Crippen molar-refractivity contribution in [3.8, 4) is 0 Å². The highest BCUT2D eigenvalue weighted by Gasteiger charge is 2.15. The van der Waals surface area contributed by atoms with Crippen molar-refractivity contribution in [1.29, 1.82) is 0 Å². The molecule has 1 heterocycles. The number of hydrogen-bond donors (Lipinski definition) is 2. The molecule has 0 bridgehead atoms. The highest BCUT2D eigenvalue weighted by Crippen LogP contribution is 1.99. The number of carbonyl (C=O) groups excluding carboxylic acids is 2. The molecule has 0 atom stereocenters. The third-order valence-electron chi connectivity index (χ3n) is 1.32. The maximum atomic E-state index is 11.0. The molecule has 0 amide bonds. The molecule has 6 heteroatoms. The third kappa shape index (κ3) is 2.74. The van der Waals surface area contributed by atoms with Gasteiger partial charge in [-0.25, -0.2) is 4.79 Å². The number of carboxylic acid groups (broad SMARTS) is 1. The number of hydrogen-bond acceptors (Lipinski definition) is 4. The van der Waals surface area contributed by atoms with Crippen LogP contribution < -0.4 is 0 Å². The molecular formula is C8H7NO5. The number of carbonyl (C=O) groups is 3. The Bertz CT molecular complexity index is 354. The molecule has 0 unspecified atom stereocenters. The molecule has 14 heavy (non-hydrogen) atoms. The molecule has 0 spiro atoms. The summed E-state index contributed by atoms with van der Waals surface area (Å²) in [6.07, 6.45) is 0.657. The summed E-state index contributed by atoms with van der Waals surface area (Å²) in [6.45, 7) is 0. The third-order valence-corrected chi connectivity index (χ3v) is 1.32. The van der Waals surface area contributed by atoms with E-state index in [-0.39, 0.29) is 5.69 Å². The van der Waals surface area contributed by atoms with E-state index in [9.17, 15) is 14.4 Å². The average molecular weight is 197 g/mol. The number of aromatic amines is 1. The predicted octanol–water partition coefficient (Wildman–Crippen LogP) is 0.173. The fourth-order valence-corrected chi connectivity index (χ4v) is 0.775. The van der Waals surface area contributed by atoms with Gasteiger partial charge in [0.2, 0.25) is 0 Å². The monoisotopic (exact) mass is 197 g/mol. The molecule has 0 aliphatic carbocycles. The Kier molecular flexibility index (Phi) is 3.01. The minimum Gasteiger partial charge on any atom is -0.481 e. The van der Waals surface area contributed by atoms with Crippen LogP contribution in [0, 0.1) is 0 Å². The molecular weight excluding hydrogens is 190 g/mol. The van der Waals surface area contributed by atoms with Crippen molar-refractivity contribution >= 4 is 17.9 Å². The highest BCUT2D eigenvalue weighted by atomic mass is 16.6. The van der Waals surface area contributed by atoms with Crippen LogP contribution >= 0.6 is 0 Å². The van der Waals surface area contributed by atoms with E-state index < -0.39 is 24.3 Å². The molecule has 0 saturated carbocycles. The van der Waals surface area contributed by atoms with Gasteiger partial charge in [-0.05, 0) is 12.1 Å². The first-order valence-electron chi connectivity index (χ1n) is 3.70. The molecule has 0 fully saturated rings. The standard InChI is InChI=1S/C8H7NO5/c10-6(11)4-7(12)14-8(13)5-2-1-3-9-5/h1-3,9H,4H2,(H,10,11). The second-order valence-corrected chi connectivity index (χ2v) is 2.42. The van der Waals surface area contributed by atoms with Crippen LogP contribution in [0.1, 0.15) is 16.9 Å². The van der Waals surface area contributed by atoms with Crippen LogP contribution in [0.2, 0.25) is 0 Å². The fraction of sp³-hybridized carbons (Fsp3) is 0.125. The second kappa shape index (κ2) is 4.22. The summed E-state index contributed by atoms with van der Waals surface area (Å²) < 4.78 is 4.22. The number of H-pyrrole nitrogens is 1. The summed E-state index contributed by atoms with van der Waals surface area (Å²) in [6, 6.07) is 2.97. The van der Waals surface area contributed by atoms with Crippen molar-refractivity contribution in [3.05, 3.63) is 24.0 Å².